The fraction of sp³-hybridized carbons (Fsp3) is 0.214. The number of thiocarbonyl (C=S) groups is 1. The van der Waals surface area contributed by atoms with Crippen molar-refractivity contribution in [1.82, 2.24) is 14.9 Å². The summed E-state index contributed by atoms with van der Waals surface area (Å²) in [5.74, 6) is 0.0281. The fourth-order valence-electron chi connectivity index (χ4n) is 5.15. The molecule has 2 aromatic carbocycles. The number of methoxy groups -OCH3 is 1. The Morgan fingerprint density at radius 3 is 2.49 bits per heavy atom. The number of rotatable bonds is 7. The molecule has 0 radical (unpaired) electrons. The molecule has 1 saturated heterocycles. The first kappa shape index (κ1) is 26.6. The van der Waals surface area contributed by atoms with E-state index in [1.165, 1.54) is 13.2 Å². The fourth-order valence-corrected chi connectivity index (χ4v) is 6.07. The lowest BCUT2D eigenvalue weighted by molar-refractivity contribution is 0.417. The predicted molar refractivity (Wildman–Crippen MR) is 155 cm³/mol. The maximum absolute atomic E-state index is 14.9. The van der Waals surface area contributed by atoms with Crippen molar-refractivity contribution in [2.75, 3.05) is 23.0 Å². The number of hydrogen-bond acceptors (Lipinski definition) is 5. The van der Waals surface area contributed by atoms with Gasteiger partial charge in [-0.05, 0) is 74.1 Å². The van der Waals surface area contributed by atoms with E-state index in [1.807, 2.05) is 53.6 Å². The zero-order chi connectivity index (χ0) is 27.9. The second-order valence-electron chi connectivity index (χ2n) is 9.37. The molecular formula is C28H28FN5O3S2. The van der Waals surface area contributed by atoms with Crippen molar-refractivity contribution in [2.45, 2.75) is 25.9 Å². The first-order valence-corrected chi connectivity index (χ1v) is 14.5. The van der Waals surface area contributed by atoms with Crippen molar-refractivity contribution >= 4 is 38.7 Å². The molecule has 1 aliphatic heterocycles. The number of pyridine rings is 1. The number of nitrogens with zero attached hydrogens (tertiary/aromatic N) is 3. The summed E-state index contributed by atoms with van der Waals surface area (Å²) < 4.78 is 48.5. The molecule has 3 heterocycles. The van der Waals surface area contributed by atoms with Crippen LogP contribution < -0.4 is 19.7 Å². The molecule has 2 unspecified atom stereocenters. The Morgan fingerprint density at radius 2 is 1.82 bits per heavy atom. The van der Waals surface area contributed by atoms with Crippen molar-refractivity contribution in [2.24, 2.45) is 0 Å². The first-order chi connectivity index (χ1) is 18.6. The topological polar surface area (TPSA) is 88.5 Å². The largest absolute Gasteiger partial charge is 0.494 e. The number of para-hydroxylation sites is 1. The maximum Gasteiger partial charge on any atom is 0.229 e. The molecule has 8 nitrogen and oxygen atoms in total. The molecule has 0 saturated carbocycles. The quantitative estimate of drug-likeness (QED) is 0.298. The summed E-state index contributed by atoms with van der Waals surface area (Å²) in [6.07, 6.45) is 2.82. The van der Waals surface area contributed by atoms with Crippen LogP contribution in [0.3, 0.4) is 0 Å². The smallest absolute Gasteiger partial charge is 0.229 e. The van der Waals surface area contributed by atoms with Crippen LogP contribution in [0.2, 0.25) is 0 Å². The van der Waals surface area contributed by atoms with Gasteiger partial charge in [0.2, 0.25) is 10.0 Å². The lowest BCUT2D eigenvalue weighted by Crippen LogP contribution is -2.29. The average molecular weight is 566 g/mol. The van der Waals surface area contributed by atoms with E-state index in [9.17, 15) is 12.8 Å². The Hall–Kier alpha value is -3.96. The Morgan fingerprint density at radius 1 is 1.08 bits per heavy atom. The van der Waals surface area contributed by atoms with Crippen LogP contribution in [0.5, 0.6) is 5.75 Å². The maximum atomic E-state index is 14.9. The third-order valence-electron chi connectivity index (χ3n) is 6.74. The Balaban J connectivity index is 1.67. The van der Waals surface area contributed by atoms with Crippen molar-refractivity contribution in [3.8, 4) is 11.4 Å². The standard InChI is InChI=1S/C28H28FN5O3S2/c1-17-15-20(18(2)33(17)24-11-6-5-9-21(24)29)27-26(23-10-7-8-14-30-23)31-28(38)34(27)19-12-13-22(25(16-19)37-3)32-39(4,35)36/h5-16,26-27,32H,1-4H3,(H,31,38). The van der Waals surface area contributed by atoms with E-state index in [-0.39, 0.29) is 17.9 Å². The van der Waals surface area contributed by atoms with Gasteiger partial charge < -0.3 is 19.5 Å². The van der Waals surface area contributed by atoms with Gasteiger partial charge in [-0.15, -0.1) is 0 Å². The summed E-state index contributed by atoms with van der Waals surface area (Å²) in [6.45, 7) is 3.90. The van der Waals surface area contributed by atoms with E-state index in [0.717, 1.165) is 28.9 Å². The highest BCUT2D eigenvalue weighted by Crippen LogP contribution is 2.45. The number of aryl methyl sites for hydroxylation is 1. The van der Waals surface area contributed by atoms with Crippen molar-refractivity contribution in [3.63, 3.8) is 0 Å². The van der Waals surface area contributed by atoms with Gasteiger partial charge in [0.1, 0.15) is 11.6 Å². The second kappa shape index (κ2) is 10.3. The van der Waals surface area contributed by atoms with Crippen LogP contribution in [0.25, 0.3) is 5.69 Å². The zero-order valence-electron chi connectivity index (χ0n) is 21.8. The first-order valence-electron chi connectivity index (χ1n) is 12.2. The van der Waals surface area contributed by atoms with Crippen LogP contribution in [0, 0.1) is 19.7 Å². The predicted octanol–water partition coefficient (Wildman–Crippen LogP) is 5.19. The van der Waals surface area contributed by atoms with E-state index < -0.39 is 10.0 Å². The van der Waals surface area contributed by atoms with Gasteiger partial charge in [-0.3, -0.25) is 9.71 Å². The van der Waals surface area contributed by atoms with Gasteiger partial charge in [0.15, 0.2) is 5.11 Å². The molecule has 4 aromatic rings. The molecule has 2 atom stereocenters. The Labute approximate surface area is 232 Å². The van der Waals surface area contributed by atoms with Gasteiger partial charge >= 0.3 is 0 Å². The van der Waals surface area contributed by atoms with Crippen LogP contribution in [-0.2, 0) is 10.0 Å². The number of aromatic nitrogens is 2. The molecule has 202 valence electrons. The summed E-state index contributed by atoms with van der Waals surface area (Å²) in [6, 6.07) is 18.9. The Bertz CT molecular complexity index is 1660. The Kier molecular flexibility index (Phi) is 7.04. The summed E-state index contributed by atoms with van der Waals surface area (Å²) in [5.41, 5.74) is 4.95. The van der Waals surface area contributed by atoms with Crippen molar-refractivity contribution in [3.05, 3.63) is 101 Å². The molecule has 5 rings (SSSR count). The molecule has 0 spiro atoms. The number of halogens is 1. The minimum Gasteiger partial charge on any atom is -0.494 e. The molecule has 11 heteroatoms. The van der Waals surface area contributed by atoms with E-state index in [4.69, 9.17) is 17.0 Å². The molecule has 1 aliphatic rings. The molecule has 1 fully saturated rings. The molecule has 0 bridgehead atoms. The van der Waals surface area contributed by atoms with E-state index in [0.29, 0.717) is 27.9 Å². The lowest BCUT2D eigenvalue weighted by atomic mass is 9.96. The summed E-state index contributed by atoms with van der Waals surface area (Å²) in [7, 11) is -2.04. The number of benzene rings is 2. The minimum absolute atomic E-state index is 0.312. The van der Waals surface area contributed by atoms with Gasteiger partial charge in [-0.2, -0.15) is 0 Å². The zero-order valence-corrected chi connectivity index (χ0v) is 23.5. The summed E-state index contributed by atoms with van der Waals surface area (Å²) in [5, 5.41) is 3.89. The molecule has 39 heavy (non-hydrogen) atoms. The third kappa shape index (κ3) is 5.07. The highest BCUT2D eigenvalue weighted by Gasteiger charge is 2.42. The number of anilines is 2. The van der Waals surface area contributed by atoms with Gasteiger partial charge in [0, 0.05) is 29.3 Å². The molecule has 0 aliphatic carbocycles. The molecule has 0 amide bonds. The normalized spacial score (nSPS) is 17.3. The van der Waals surface area contributed by atoms with Crippen LogP contribution in [0.4, 0.5) is 15.8 Å². The highest BCUT2D eigenvalue weighted by atomic mass is 32.2. The highest BCUT2D eigenvalue weighted by molar-refractivity contribution is 7.92. The molecular weight excluding hydrogens is 537 g/mol. The number of ether oxygens (including phenoxy) is 1. The van der Waals surface area contributed by atoms with Crippen LogP contribution in [0.1, 0.15) is 34.7 Å². The van der Waals surface area contributed by atoms with E-state index in [1.54, 1.807) is 36.5 Å². The summed E-state index contributed by atoms with van der Waals surface area (Å²) in [4.78, 5) is 6.57. The van der Waals surface area contributed by atoms with Crippen molar-refractivity contribution in [1.29, 1.82) is 0 Å². The minimum atomic E-state index is -3.51. The van der Waals surface area contributed by atoms with Crippen LogP contribution in [-0.4, -0.2) is 36.4 Å². The summed E-state index contributed by atoms with van der Waals surface area (Å²) >= 11 is 5.84. The van der Waals surface area contributed by atoms with Gasteiger partial charge in [-0.25, -0.2) is 12.8 Å². The lowest BCUT2D eigenvalue weighted by Gasteiger charge is -2.29. The molecule has 2 N–H and O–H groups in total. The molecule has 2 aromatic heterocycles. The van der Waals surface area contributed by atoms with E-state index >= 15 is 0 Å². The van der Waals surface area contributed by atoms with Gasteiger partial charge in [-0.1, -0.05) is 18.2 Å². The van der Waals surface area contributed by atoms with E-state index in [2.05, 4.69) is 15.0 Å². The third-order valence-corrected chi connectivity index (χ3v) is 7.64. The van der Waals surface area contributed by atoms with Gasteiger partial charge in [0.25, 0.3) is 0 Å². The monoisotopic (exact) mass is 565 g/mol. The number of hydrogen-bond donors (Lipinski definition) is 2. The number of nitrogens with one attached hydrogen (secondary N) is 2. The SMILES string of the molecule is COc1cc(N2C(=S)NC(c3ccccn3)C2c2cc(C)n(-c3ccccc3F)c2C)ccc1NS(C)(=O)=O. The van der Waals surface area contributed by atoms with Crippen molar-refractivity contribution < 1.29 is 17.5 Å². The van der Waals surface area contributed by atoms with Crippen LogP contribution in [0.15, 0.2) is 72.9 Å². The van der Waals surface area contributed by atoms with Crippen LogP contribution >= 0.6 is 12.2 Å². The second-order valence-corrected chi connectivity index (χ2v) is 11.5. The number of sulfonamides is 1. The van der Waals surface area contributed by atoms with Gasteiger partial charge in [0.05, 0.1) is 42.5 Å². The average Bonchev–Trinajstić information content (AvgIpc) is 3.39.